The largest absolute Gasteiger partial charge is 0.451 e. The average Bonchev–Trinajstić information content (AvgIpc) is 3.09. The van der Waals surface area contributed by atoms with Crippen LogP contribution in [-0.2, 0) is 32.2 Å². The third-order valence-electron chi connectivity index (χ3n) is 4.86. The number of esters is 1. The first kappa shape index (κ1) is 20.5. The van der Waals surface area contributed by atoms with Crippen LogP contribution in [0.3, 0.4) is 0 Å². The molecule has 0 aliphatic heterocycles. The van der Waals surface area contributed by atoms with Crippen molar-refractivity contribution in [3.63, 3.8) is 0 Å². The molecule has 1 aromatic heterocycles. The van der Waals surface area contributed by atoms with Gasteiger partial charge in [0.2, 0.25) is 0 Å². The highest BCUT2D eigenvalue weighted by molar-refractivity contribution is 7.90. The van der Waals surface area contributed by atoms with E-state index in [1.54, 1.807) is 12.1 Å². The van der Waals surface area contributed by atoms with Crippen LogP contribution in [0, 0.1) is 5.92 Å². The lowest BCUT2D eigenvalue weighted by atomic mass is 9.87. The van der Waals surface area contributed by atoms with E-state index in [2.05, 4.69) is 12.2 Å². The molecule has 1 N–H and O–H groups in total. The van der Waals surface area contributed by atoms with Crippen LogP contribution in [0.15, 0.2) is 35.2 Å². The molecule has 1 amide bonds. The minimum absolute atomic E-state index is 0.0195. The molecule has 0 bridgehead atoms. The smallest absolute Gasteiger partial charge is 0.348 e. The summed E-state index contributed by atoms with van der Waals surface area (Å²) >= 11 is 1.43. The monoisotopic (exact) mass is 421 g/mol. The molecule has 6 nitrogen and oxygen atoms in total. The molecule has 1 aromatic carbocycles. The van der Waals surface area contributed by atoms with Crippen molar-refractivity contribution in [3.05, 3.63) is 45.6 Å². The molecule has 3 rings (SSSR count). The van der Waals surface area contributed by atoms with Crippen LogP contribution in [0.25, 0.3) is 0 Å². The number of rotatable bonds is 6. The second kappa shape index (κ2) is 8.45. The Morgan fingerprint density at radius 3 is 2.75 bits per heavy atom. The van der Waals surface area contributed by atoms with E-state index in [0.29, 0.717) is 10.8 Å². The fraction of sp³-hybridized carbons (Fsp3) is 0.400. The van der Waals surface area contributed by atoms with Crippen LogP contribution in [0.2, 0.25) is 0 Å². The molecule has 0 saturated heterocycles. The summed E-state index contributed by atoms with van der Waals surface area (Å²) in [4.78, 5) is 26.2. The summed E-state index contributed by atoms with van der Waals surface area (Å²) in [5.41, 5.74) is 1.38. The standard InChI is InChI=1S/C20H23NO5S2/c1-3-13-8-9-16-14(10-13)11-17(27-16)20(23)26-12-19(22)21-15-6-4-5-7-18(15)28(2,24)25/h4-7,11,13H,3,8-10,12H2,1-2H3,(H,21,22)/t13-/m1/s1. The third kappa shape index (κ3) is 4.80. The highest BCUT2D eigenvalue weighted by atomic mass is 32.2. The lowest BCUT2D eigenvalue weighted by molar-refractivity contribution is -0.119. The number of aryl methyl sites for hydroxylation is 1. The van der Waals surface area contributed by atoms with Crippen molar-refractivity contribution in [1.82, 2.24) is 0 Å². The molecule has 0 spiro atoms. The van der Waals surface area contributed by atoms with E-state index >= 15 is 0 Å². The SMILES string of the molecule is CC[C@@H]1CCc2sc(C(=O)OCC(=O)Nc3ccccc3S(C)(=O)=O)cc2C1. The average molecular weight is 422 g/mol. The van der Waals surface area contributed by atoms with Crippen LogP contribution < -0.4 is 5.32 Å². The van der Waals surface area contributed by atoms with Gasteiger partial charge in [0.05, 0.1) is 10.6 Å². The van der Waals surface area contributed by atoms with Gasteiger partial charge in [-0.15, -0.1) is 11.3 Å². The number of thiophene rings is 1. The molecule has 2 aromatic rings. The number of benzene rings is 1. The van der Waals surface area contributed by atoms with Crippen LogP contribution >= 0.6 is 11.3 Å². The highest BCUT2D eigenvalue weighted by Crippen LogP contribution is 2.33. The number of sulfone groups is 1. The van der Waals surface area contributed by atoms with Crippen molar-refractivity contribution in [2.45, 2.75) is 37.5 Å². The van der Waals surface area contributed by atoms with Crippen molar-refractivity contribution < 1.29 is 22.7 Å². The van der Waals surface area contributed by atoms with Gasteiger partial charge in [-0.05, 0) is 48.9 Å². The number of amides is 1. The first-order valence-electron chi connectivity index (χ1n) is 9.15. The zero-order valence-electron chi connectivity index (χ0n) is 15.9. The first-order valence-corrected chi connectivity index (χ1v) is 11.9. The number of nitrogens with one attached hydrogen (secondary N) is 1. The zero-order chi connectivity index (χ0) is 20.3. The number of carbonyl (C=O) groups excluding carboxylic acids is 2. The summed E-state index contributed by atoms with van der Waals surface area (Å²) in [6.45, 7) is 1.70. The Bertz CT molecular complexity index is 994. The van der Waals surface area contributed by atoms with Gasteiger partial charge in [-0.2, -0.15) is 0 Å². The fourth-order valence-electron chi connectivity index (χ4n) is 3.33. The van der Waals surface area contributed by atoms with E-state index in [1.165, 1.54) is 33.9 Å². The van der Waals surface area contributed by atoms with Gasteiger partial charge in [0.1, 0.15) is 4.88 Å². The minimum Gasteiger partial charge on any atom is -0.451 e. The molecule has 1 aliphatic carbocycles. The Morgan fingerprint density at radius 2 is 2.04 bits per heavy atom. The topological polar surface area (TPSA) is 89.5 Å². The number of fused-ring (bicyclic) bond motifs is 1. The minimum atomic E-state index is -3.48. The van der Waals surface area contributed by atoms with Gasteiger partial charge in [-0.3, -0.25) is 4.79 Å². The second-order valence-corrected chi connectivity index (χ2v) is 10.1. The number of hydrogen-bond acceptors (Lipinski definition) is 6. The molecule has 0 radical (unpaired) electrons. The maximum Gasteiger partial charge on any atom is 0.348 e. The predicted molar refractivity (Wildman–Crippen MR) is 109 cm³/mol. The molecular formula is C20H23NO5S2. The molecule has 1 atom stereocenters. The summed E-state index contributed by atoms with van der Waals surface area (Å²) in [6.07, 6.45) is 5.30. The maximum atomic E-state index is 12.3. The molecule has 0 fully saturated rings. The van der Waals surface area contributed by atoms with Gasteiger partial charge in [-0.1, -0.05) is 25.5 Å². The van der Waals surface area contributed by atoms with E-state index in [1.807, 2.05) is 6.07 Å². The van der Waals surface area contributed by atoms with Gasteiger partial charge >= 0.3 is 5.97 Å². The predicted octanol–water partition coefficient (Wildman–Crippen LogP) is 3.46. The molecule has 0 unspecified atom stereocenters. The zero-order valence-corrected chi connectivity index (χ0v) is 17.5. The fourth-order valence-corrected chi connectivity index (χ4v) is 5.28. The number of para-hydroxylation sites is 1. The number of hydrogen-bond donors (Lipinski definition) is 1. The summed E-state index contributed by atoms with van der Waals surface area (Å²) in [5.74, 6) is -0.456. The summed E-state index contributed by atoms with van der Waals surface area (Å²) in [5, 5.41) is 2.49. The van der Waals surface area contributed by atoms with Crippen molar-refractivity contribution in [1.29, 1.82) is 0 Å². The van der Waals surface area contributed by atoms with Crippen LogP contribution in [-0.4, -0.2) is 33.2 Å². The Balaban J connectivity index is 1.60. The normalized spacial score (nSPS) is 16.3. The molecule has 1 aliphatic rings. The Morgan fingerprint density at radius 1 is 1.29 bits per heavy atom. The molecule has 28 heavy (non-hydrogen) atoms. The van der Waals surface area contributed by atoms with Gasteiger partial charge in [0.25, 0.3) is 5.91 Å². The van der Waals surface area contributed by atoms with E-state index in [-0.39, 0.29) is 10.6 Å². The lowest BCUT2D eigenvalue weighted by Crippen LogP contribution is -2.21. The maximum absolute atomic E-state index is 12.3. The van der Waals surface area contributed by atoms with Crippen LogP contribution in [0.5, 0.6) is 0 Å². The van der Waals surface area contributed by atoms with Crippen molar-refractivity contribution in [2.24, 2.45) is 5.92 Å². The first-order chi connectivity index (χ1) is 13.3. The molecule has 8 heteroatoms. The van der Waals surface area contributed by atoms with Crippen molar-refractivity contribution in [2.75, 3.05) is 18.2 Å². The third-order valence-corrected chi connectivity index (χ3v) is 7.23. The lowest BCUT2D eigenvalue weighted by Gasteiger charge is -2.19. The number of ether oxygens (including phenoxy) is 1. The van der Waals surface area contributed by atoms with Gasteiger partial charge in [0.15, 0.2) is 16.4 Å². The van der Waals surface area contributed by atoms with Crippen molar-refractivity contribution >= 4 is 38.7 Å². The van der Waals surface area contributed by atoms with Crippen LogP contribution in [0.1, 0.15) is 39.9 Å². The Kier molecular flexibility index (Phi) is 6.20. The number of anilines is 1. The summed E-state index contributed by atoms with van der Waals surface area (Å²) in [7, 11) is -3.48. The van der Waals surface area contributed by atoms with E-state index < -0.39 is 28.3 Å². The second-order valence-electron chi connectivity index (χ2n) is 6.97. The van der Waals surface area contributed by atoms with Crippen molar-refractivity contribution in [3.8, 4) is 0 Å². The van der Waals surface area contributed by atoms with Gasteiger partial charge in [-0.25, -0.2) is 13.2 Å². The van der Waals surface area contributed by atoms with Gasteiger partial charge in [0, 0.05) is 11.1 Å². The molecule has 0 saturated carbocycles. The number of carbonyl (C=O) groups is 2. The van der Waals surface area contributed by atoms with E-state index in [0.717, 1.165) is 31.9 Å². The van der Waals surface area contributed by atoms with Crippen LogP contribution in [0.4, 0.5) is 5.69 Å². The van der Waals surface area contributed by atoms with E-state index in [4.69, 9.17) is 4.74 Å². The Hall–Kier alpha value is -2.19. The van der Waals surface area contributed by atoms with E-state index in [9.17, 15) is 18.0 Å². The summed E-state index contributed by atoms with van der Waals surface area (Å²) in [6, 6.07) is 7.98. The van der Waals surface area contributed by atoms with Gasteiger partial charge < -0.3 is 10.1 Å². The quantitative estimate of drug-likeness (QED) is 0.722. The molecule has 1 heterocycles. The Labute approximate surface area is 168 Å². The highest BCUT2D eigenvalue weighted by Gasteiger charge is 2.23. The summed E-state index contributed by atoms with van der Waals surface area (Å²) < 4.78 is 28.7. The molecule has 150 valence electrons. The molecular weight excluding hydrogens is 398 g/mol.